The molecule has 0 unspecified atom stereocenters. The molecular formula is C13H7ClFNO5. The van der Waals surface area contributed by atoms with Crippen LogP contribution < -0.4 is 4.74 Å². The Bertz CT molecular complexity index is 734. The lowest BCUT2D eigenvalue weighted by Crippen LogP contribution is -2.01. The van der Waals surface area contributed by atoms with Crippen LogP contribution in [0.2, 0.25) is 5.02 Å². The number of ether oxygens (including phenoxy) is 1. The van der Waals surface area contributed by atoms with Gasteiger partial charge < -0.3 is 9.84 Å². The third-order valence-corrected chi connectivity index (χ3v) is 2.83. The van der Waals surface area contributed by atoms with Gasteiger partial charge in [-0.05, 0) is 24.3 Å². The van der Waals surface area contributed by atoms with Crippen molar-refractivity contribution in [2.24, 2.45) is 0 Å². The van der Waals surface area contributed by atoms with Gasteiger partial charge in [0.05, 0.1) is 16.0 Å². The highest BCUT2D eigenvalue weighted by Gasteiger charge is 2.16. The molecule has 0 aliphatic heterocycles. The van der Waals surface area contributed by atoms with Crippen molar-refractivity contribution in [3.63, 3.8) is 0 Å². The van der Waals surface area contributed by atoms with Crippen LogP contribution >= 0.6 is 11.6 Å². The molecule has 0 bridgehead atoms. The fraction of sp³-hybridized carbons (Fsp3) is 0. The zero-order valence-corrected chi connectivity index (χ0v) is 11.0. The number of hydrogen-bond donors (Lipinski definition) is 1. The van der Waals surface area contributed by atoms with Crippen LogP contribution in [0.15, 0.2) is 36.4 Å². The second-order valence-electron chi connectivity index (χ2n) is 3.92. The topological polar surface area (TPSA) is 89.7 Å². The zero-order chi connectivity index (χ0) is 15.6. The molecule has 0 spiro atoms. The van der Waals surface area contributed by atoms with Crippen LogP contribution in [0.5, 0.6) is 11.5 Å². The van der Waals surface area contributed by atoms with Crippen molar-refractivity contribution in [3.05, 3.63) is 62.9 Å². The summed E-state index contributed by atoms with van der Waals surface area (Å²) in [5.74, 6) is -2.41. The summed E-state index contributed by atoms with van der Waals surface area (Å²) in [4.78, 5) is 21.1. The van der Waals surface area contributed by atoms with E-state index in [-0.39, 0.29) is 22.2 Å². The quantitative estimate of drug-likeness (QED) is 0.683. The molecule has 108 valence electrons. The maximum atomic E-state index is 13.1. The number of halogens is 2. The molecule has 0 radical (unpaired) electrons. The molecule has 0 aliphatic carbocycles. The van der Waals surface area contributed by atoms with E-state index in [1.807, 2.05) is 0 Å². The van der Waals surface area contributed by atoms with E-state index in [9.17, 15) is 19.3 Å². The minimum Gasteiger partial charge on any atom is -0.478 e. The highest BCUT2D eigenvalue weighted by atomic mass is 35.5. The van der Waals surface area contributed by atoms with Crippen LogP contribution in [0.25, 0.3) is 0 Å². The van der Waals surface area contributed by atoms with Crippen LogP contribution in [0, 0.1) is 15.9 Å². The molecule has 0 atom stereocenters. The van der Waals surface area contributed by atoms with Gasteiger partial charge in [-0.2, -0.15) is 0 Å². The summed E-state index contributed by atoms with van der Waals surface area (Å²) in [6.45, 7) is 0. The molecule has 0 saturated carbocycles. The monoisotopic (exact) mass is 311 g/mol. The van der Waals surface area contributed by atoms with E-state index in [0.717, 1.165) is 24.3 Å². The minimum atomic E-state index is -1.40. The smallest absolute Gasteiger partial charge is 0.339 e. The second kappa shape index (κ2) is 5.76. The van der Waals surface area contributed by atoms with Crippen molar-refractivity contribution in [2.45, 2.75) is 0 Å². The van der Waals surface area contributed by atoms with Crippen LogP contribution in [0.4, 0.5) is 10.1 Å². The third-order valence-electron chi connectivity index (χ3n) is 2.52. The van der Waals surface area contributed by atoms with E-state index in [1.54, 1.807) is 0 Å². The molecule has 1 N–H and O–H groups in total. The summed E-state index contributed by atoms with van der Waals surface area (Å²) in [5.41, 5.74) is -0.689. The van der Waals surface area contributed by atoms with Gasteiger partial charge in [-0.1, -0.05) is 11.6 Å². The number of hydrogen-bond acceptors (Lipinski definition) is 4. The Hall–Kier alpha value is -2.67. The van der Waals surface area contributed by atoms with E-state index in [2.05, 4.69) is 0 Å². The van der Waals surface area contributed by atoms with Crippen LogP contribution in [0.1, 0.15) is 10.4 Å². The van der Waals surface area contributed by atoms with Gasteiger partial charge in [0.25, 0.3) is 5.69 Å². The van der Waals surface area contributed by atoms with Gasteiger partial charge in [0.15, 0.2) is 5.75 Å². The molecule has 2 aromatic rings. The number of rotatable bonds is 4. The van der Waals surface area contributed by atoms with Crippen molar-refractivity contribution in [3.8, 4) is 11.5 Å². The number of aromatic carboxylic acids is 1. The Morgan fingerprint density at radius 3 is 2.57 bits per heavy atom. The Balaban J connectivity index is 2.45. The summed E-state index contributed by atoms with van der Waals surface area (Å²) >= 11 is 5.84. The summed E-state index contributed by atoms with van der Waals surface area (Å²) < 4.78 is 18.3. The molecule has 0 saturated heterocycles. The van der Waals surface area contributed by atoms with Gasteiger partial charge in [-0.15, -0.1) is 0 Å². The van der Waals surface area contributed by atoms with Crippen LogP contribution in [-0.2, 0) is 0 Å². The lowest BCUT2D eigenvalue weighted by Gasteiger charge is -2.10. The highest BCUT2D eigenvalue weighted by molar-refractivity contribution is 6.32. The summed E-state index contributed by atoms with van der Waals surface area (Å²) in [6, 6.07) is 6.37. The van der Waals surface area contributed by atoms with Crippen LogP contribution in [-0.4, -0.2) is 16.0 Å². The van der Waals surface area contributed by atoms with Gasteiger partial charge in [0.2, 0.25) is 0 Å². The molecule has 0 amide bonds. The molecule has 6 nitrogen and oxygen atoms in total. The third kappa shape index (κ3) is 3.26. The normalized spacial score (nSPS) is 10.2. The van der Waals surface area contributed by atoms with Gasteiger partial charge in [0, 0.05) is 6.07 Å². The molecular weight excluding hydrogens is 305 g/mol. The van der Waals surface area contributed by atoms with E-state index in [0.29, 0.717) is 0 Å². The van der Waals surface area contributed by atoms with E-state index in [1.165, 1.54) is 12.1 Å². The van der Waals surface area contributed by atoms with Gasteiger partial charge in [-0.25, -0.2) is 9.18 Å². The maximum absolute atomic E-state index is 13.1. The predicted octanol–water partition coefficient (Wildman–Crippen LogP) is 3.88. The molecule has 0 aromatic heterocycles. The number of non-ortho nitro benzene ring substituents is 1. The number of carboxylic acid groups (broad SMARTS) is 1. The SMILES string of the molecule is O=C(O)c1cc(F)ccc1Oc1cc([N+](=O)[O-])ccc1Cl. The Morgan fingerprint density at radius 1 is 1.24 bits per heavy atom. The number of carboxylic acids is 1. The molecule has 21 heavy (non-hydrogen) atoms. The molecule has 2 aromatic carbocycles. The van der Waals surface area contributed by atoms with E-state index >= 15 is 0 Å². The minimum absolute atomic E-state index is 0.0567. The Kier molecular flexibility index (Phi) is 4.04. The van der Waals surface area contributed by atoms with Crippen molar-refractivity contribution in [2.75, 3.05) is 0 Å². The summed E-state index contributed by atoms with van der Waals surface area (Å²) in [5, 5.41) is 19.7. The number of nitro groups is 1. The van der Waals surface area contributed by atoms with Crippen molar-refractivity contribution < 1.29 is 24.0 Å². The molecule has 0 heterocycles. The lowest BCUT2D eigenvalue weighted by atomic mass is 10.2. The summed E-state index contributed by atoms with van der Waals surface area (Å²) in [7, 11) is 0. The maximum Gasteiger partial charge on any atom is 0.339 e. The largest absolute Gasteiger partial charge is 0.478 e. The zero-order valence-electron chi connectivity index (χ0n) is 10.2. The average Bonchev–Trinajstić information content (AvgIpc) is 2.42. The fourth-order valence-electron chi connectivity index (χ4n) is 1.56. The first-order valence-electron chi connectivity index (χ1n) is 5.53. The van der Waals surface area contributed by atoms with Gasteiger partial charge in [0.1, 0.15) is 17.1 Å². The number of benzene rings is 2. The predicted molar refractivity (Wildman–Crippen MR) is 71.5 cm³/mol. The van der Waals surface area contributed by atoms with Crippen molar-refractivity contribution >= 4 is 23.3 Å². The summed E-state index contributed by atoms with van der Waals surface area (Å²) in [6.07, 6.45) is 0. The van der Waals surface area contributed by atoms with E-state index in [4.69, 9.17) is 21.4 Å². The van der Waals surface area contributed by atoms with Gasteiger partial charge in [-0.3, -0.25) is 10.1 Å². The van der Waals surface area contributed by atoms with Gasteiger partial charge >= 0.3 is 5.97 Å². The first-order chi connectivity index (χ1) is 9.88. The molecule has 0 aliphatic rings. The number of nitrogens with zero attached hydrogens (tertiary/aromatic N) is 1. The first-order valence-corrected chi connectivity index (χ1v) is 5.91. The van der Waals surface area contributed by atoms with Crippen molar-refractivity contribution in [1.29, 1.82) is 0 Å². The van der Waals surface area contributed by atoms with E-state index < -0.39 is 22.3 Å². The fourth-order valence-corrected chi connectivity index (χ4v) is 1.72. The number of nitro benzene ring substituents is 1. The molecule has 0 fully saturated rings. The standard InChI is InChI=1S/C13H7ClFNO5/c14-10-3-2-8(16(19)20)6-12(10)21-11-4-1-7(15)5-9(11)13(17)18/h1-6H,(H,17,18). The highest BCUT2D eigenvalue weighted by Crippen LogP contribution is 2.34. The Morgan fingerprint density at radius 2 is 1.95 bits per heavy atom. The first kappa shape index (κ1) is 14.7. The number of carbonyl (C=O) groups is 1. The van der Waals surface area contributed by atoms with Crippen molar-refractivity contribution in [1.82, 2.24) is 0 Å². The Labute approximate surface area is 122 Å². The second-order valence-corrected chi connectivity index (χ2v) is 4.33. The van der Waals surface area contributed by atoms with Crippen LogP contribution in [0.3, 0.4) is 0 Å². The molecule has 8 heteroatoms. The molecule has 2 rings (SSSR count). The average molecular weight is 312 g/mol. The lowest BCUT2D eigenvalue weighted by molar-refractivity contribution is -0.384.